The molecule has 1 aromatic heterocycles. The number of aromatic nitrogens is 2. The summed E-state index contributed by atoms with van der Waals surface area (Å²) in [6, 6.07) is 9.09. The molecule has 7 heteroatoms. The quantitative estimate of drug-likeness (QED) is 0.539. The number of guanidine groups is 1. The number of morpholine rings is 1. The first kappa shape index (κ1) is 22.3. The van der Waals surface area contributed by atoms with Gasteiger partial charge in [0.2, 0.25) is 0 Å². The minimum atomic E-state index is 0.258. The Labute approximate surface area is 180 Å². The van der Waals surface area contributed by atoms with Crippen molar-refractivity contribution < 1.29 is 4.74 Å². The maximum Gasteiger partial charge on any atom is 0.191 e. The van der Waals surface area contributed by atoms with Crippen LogP contribution in [0.4, 0.5) is 0 Å². The van der Waals surface area contributed by atoms with Gasteiger partial charge in [0, 0.05) is 52.0 Å². The molecule has 30 heavy (non-hydrogen) atoms. The summed E-state index contributed by atoms with van der Waals surface area (Å²) in [5, 5.41) is 11.4. The van der Waals surface area contributed by atoms with Gasteiger partial charge in [-0.1, -0.05) is 24.3 Å². The highest BCUT2D eigenvalue weighted by Gasteiger charge is 2.14. The molecule has 2 N–H and O–H groups in total. The van der Waals surface area contributed by atoms with E-state index in [0.717, 1.165) is 57.5 Å². The van der Waals surface area contributed by atoms with Gasteiger partial charge in [0.1, 0.15) is 0 Å². The molecule has 2 heterocycles. The molecule has 0 amide bonds. The average molecular weight is 413 g/mol. The lowest BCUT2D eigenvalue weighted by Crippen LogP contribution is -2.42. The van der Waals surface area contributed by atoms with Crippen molar-refractivity contribution in [1.82, 2.24) is 25.3 Å². The number of hydrogen-bond donors (Lipinski definition) is 2. The highest BCUT2D eigenvalue weighted by molar-refractivity contribution is 5.79. The number of hydrogen-bond acceptors (Lipinski definition) is 4. The average Bonchev–Trinajstić information content (AvgIpc) is 2.99. The van der Waals surface area contributed by atoms with E-state index in [4.69, 9.17) is 4.74 Å². The summed E-state index contributed by atoms with van der Waals surface area (Å²) in [5.74, 6) is 0.819. The third-order valence-electron chi connectivity index (χ3n) is 5.77. The van der Waals surface area contributed by atoms with Gasteiger partial charge in [0.15, 0.2) is 5.96 Å². The molecular weight excluding hydrogens is 376 g/mol. The number of benzene rings is 1. The predicted molar refractivity (Wildman–Crippen MR) is 122 cm³/mol. The SMILES string of the molecule is CN=C(NCc1ccc(CN2CCOCC2)cc1)NC(C)Cc1c(C)nn(C)c1C. The van der Waals surface area contributed by atoms with Crippen LogP contribution in [0, 0.1) is 13.8 Å². The lowest BCUT2D eigenvalue weighted by molar-refractivity contribution is 0.0342. The van der Waals surface area contributed by atoms with Gasteiger partial charge in [0.25, 0.3) is 0 Å². The number of ether oxygens (including phenoxy) is 1. The lowest BCUT2D eigenvalue weighted by atomic mass is 10.1. The maximum absolute atomic E-state index is 5.42. The first-order chi connectivity index (χ1) is 14.5. The number of nitrogens with one attached hydrogen (secondary N) is 2. The first-order valence-electron chi connectivity index (χ1n) is 10.8. The molecule has 1 aliphatic heterocycles. The fraction of sp³-hybridized carbons (Fsp3) is 0.565. The van der Waals surface area contributed by atoms with Crippen LogP contribution in [0.25, 0.3) is 0 Å². The fourth-order valence-corrected chi connectivity index (χ4v) is 3.86. The van der Waals surface area contributed by atoms with Crippen molar-refractivity contribution in [3.05, 3.63) is 52.3 Å². The molecule has 0 bridgehead atoms. The molecule has 1 fully saturated rings. The van der Waals surface area contributed by atoms with E-state index in [1.807, 2.05) is 18.8 Å². The largest absolute Gasteiger partial charge is 0.379 e. The van der Waals surface area contributed by atoms with Crippen molar-refractivity contribution in [3.8, 4) is 0 Å². The molecule has 1 aliphatic rings. The normalized spacial score (nSPS) is 16.5. The first-order valence-corrected chi connectivity index (χ1v) is 10.8. The lowest BCUT2D eigenvalue weighted by Gasteiger charge is -2.26. The Kier molecular flexibility index (Phi) is 7.87. The Morgan fingerprint density at radius 2 is 1.83 bits per heavy atom. The molecule has 1 unspecified atom stereocenters. The van der Waals surface area contributed by atoms with Gasteiger partial charge in [-0.3, -0.25) is 14.6 Å². The minimum Gasteiger partial charge on any atom is -0.379 e. The number of aryl methyl sites for hydroxylation is 2. The monoisotopic (exact) mass is 412 g/mol. The van der Waals surface area contributed by atoms with Gasteiger partial charge in [-0.25, -0.2) is 0 Å². The Bertz CT molecular complexity index is 836. The van der Waals surface area contributed by atoms with Crippen molar-refractivity contribution in [2.45, 2.75) is 46.3 Å². The van der Waals surface area contributed by atoms with Crippen molar-refractivity contribution in [2.75, 3.05) is 33.4 Å². The predicted octanol–water partition coefficient (Wildman–Crippen LogP) is 2.17. The fourth-order valence-electron chi connectivity index (χ4n) is 3.86. The third kappa shape index (κ3) is 6.06. The molecular formula is C23H36N6O. The van der Waals surface area contributed by atoms with Crippen molar-refractivity contribution >= 4 is 5.96 Å². The minimum absolute atomic E-state index is 0.258. The molecule has 1 aromatic carbocycles. The van der Waals surface area contributed by atoms with Crippen molar-refractivity contribution in [3.63, 3.8) is 0 Å². The van der Waals surface area contributed by atoms with Crippen LogP contribution in [0.3, 0.4) is 0 Å². The molecule has 0 spiro atoms. The molecule has 2 aromatic rings. The zero-order valence-corrected chi connectivity index (χ0v) is 19.0. The highest BCUT2D eigenvalue weighted by Crippen LogP contribution is 2.14. The van der Waals surface area contributed by atoms with Gasteiger partial charge in [0.05, 0.1) is 18.9 Å². The highest BCUT2D eigenvalue weighted by atomic mass is 16.5. The van der Waals surface area contributed by atoms with Crippen LogP contribution < -0.4 is 10.6 Å². The standard InChI is InChI=1S/C23H36N6O/c1-17(14-22-18(2)27-28(5)19(22)3)26-23(24-4)25-15-20-6-8-21(9-7-20)16-29-10-12-30-13-11-29/h6-9,17H,10-16H2,1-5H3,(H2,24,25,26). The van der Waals surface area contributed by atoms with E-state index >= 15 is 0 Å². The van der Waals surface area contributed by atoms with Crippen LogP contribution in [0.1, 0.15) is 35.0 Å². The van der Waals surface area contributed by atoms with Gasteiger partial charge >= 0.3 is 0 Å². The number of rotatable bonds is 7. The summed E-state index contributed by atoms with van der Waals surface area (Å²) in [7, 11) is 3.81. The van der Waals surface area contributed by atoms with E-state index in [-0.39, 0.29) is 6.04 Å². The van der Waals surface area contributed by atoms with Crippen LogP contribution in [-0.4, -0.2) is 60.0 Å². The summed E-state index contributed by atoms with van der Waals surface area (Å²) in [5.41, 5.74) is 6.23. The second-order valence-corrected chi connectivity index (χ2v) is 8.15. The number of aliphatic imine (C=N–C) groups is 1. The molecule has 164 valence electrons. The van der Waals surface area contributed by atoms with Crippen LogP contribution in [-0.2, 0) is 31.3 Å². The summed E-state index contributed by atoms with van der Waals surface area (Å²) in [6.45, 7) is 11.8. The Hall–Kier alpha value is -2.38. The topological polar surface area (TPSA) is 66.7 Å². The smallest absolute Gasteiger partial charge is 0.191 e. The maximum atomic E-state index is 5.42. The van der Waals surface area contributed by atoms with E-state index in [9.17, 15) is 0 Å². The molecule has 0 radical (unpaired) electrons. The van der Waals surface area contributed by atoms with Gasteiger partial charge in [-0.05, 0) is 43.9 Å². The van der Waals surface area contributed by atoms with E-state index in [2.05, 4.69) is 70.7 Å². The molecule has 0 aliphatic carbocycles. The Morgan fingerprint density at radius 1 is 1.17 bits per heavy atom. The summed E-state index contributed by atoms with van der Waals surface area (Å²) in [4.78, 5) is 6.82. The molecule has 1 saturated heterocycles. The van der Waals surface area contributed by atoms with E-state index in [1.165, 1.54) is 22.4 Å². The van der Waals surface area contributed by atoms with Gasteiger partial charge in [-0.15, -0.1) is 0 Å². The molecule has 3 rings (SSSR count). The van der Waals surface area contributed by atoms with E-state index in [1.54, 1.807) is 0 Å². The van der Waals surface area contributed by atoms with Crippen LogP contribution >= 0.6 is 0 Å². The second-order valence-electron chi connectivity index (χ2n) is 8.15. The van der Waals surface area contributed by atoms with Gasteiger partial charge < -0.3 is 15.4 Å². The summed E-state index contributed by atoms with van der Waals surface area (Å²) >= 11 is 0. The van der Waals surface area contributed by atoms with Crippen molar-refractivity contribution in [1.29, 1.82) is 0 Å². The molecule has 7 nitrogen and oxygen atoms in total. The Morgan fingerprint density at radius 3 is 2.43 bits per heavy atom. The zero-order valence-electron chi connectivity index (χ0n) is 19.0. The van der Waals surface area contributed by atoms with Crippen LogP contribution in [0.2, 0.25) is 0 Å². The second kappa shape index (κ2) is 10.6. The molecule has 0 saturated carbocycles. The van der Waals surface area contributed by atoms with E-state index in [0.29, 0.717) is 0 Å². The summed E-state index contributed by atoms with van der Waals surface area (Å²) < 4.78 is 7.37. The third-order valence-corrected chi connectivity index (χ3v) is 5.77. The molecule has 1 atom stereocenters. The van der Waals surface area contributed by atoms with Crippen molar-refractivity contribution in [2.24, 2.45) is 12.0 Å². The van der Waals surface area contributed by atoms with Crippen LogP contribution in [0.5, 0.6) is 0 Å². The van der Waals surface area contributed by atoms with Crippen LogP contribution in [0.15, 0.2) is 29.3 Å². The zero-order chi connectivity index (χ0) is 21.5. The van der Waals surface area contributed by atoms with E-state index < -0.39 is 0 Å². The summed E-state index contributed by atoms with van der Waals surface area (Å²) in [6.07, 6.45) is 0.919. The number of nitrogens with zero attached hydrogens (tertiary/aromatic N) is 4. The van der Waals surface area contributed by atoms with Gasteiger partial charge in [-0.2, -0.15) is 5.10 Å². The Balaban J connectivity index is 1.47.